The summed E-state index contributed by atoms with van der Waals surface area (Å²) in [6, 6.07) is 0. The summed E-state index contributed by atoms with van der Waals surface area (Å²) >= 11 is 0. The fourth-order valence-corrected chi connectivity index (χ4v) is 3.19. The molecule has 0 fully saturated rings. The second kappa shape index (κ2) is 25.6. The van der Waals surface area contributed by atoms with Gasteiger partial charge in [-0.1, -0.05) is 13.8 Å². The highest BCUT2D eigenvalue weighted by molar-refractivity contribution is 5.73. The summed E-state index contributed by atoms with van der Waals surface area (Å²) in [6.07, 6.45) is 0.488. The molecule has 0 aliphatic heterocycles. The van der Waals surface area contributed by atoms with Gasteiger partial charge in [0.1, 0.15) is 0 Å². The molecule has 0 saturated heterocycles. The van der Waals surface area contributed by atoms with E-state index in [1.54, 1.807) is 0 Å². The third kappa shape index (κ3) is 17.3. The summed E-state index contributed by atoms with van der Waals surface area (Å²) in [4.78, 5) is 11.9. The second-order valence-corrected chi connectivity index (χ2v) is 8.54. The van der Waals surface area contributed by atoms with Gasteiger partial charge in [0.25, 0.3) is 0 Å². The zero-order valence-corrected chi connectivity index (χ0v) is 24.5. The van der Waals surface area contributed by atoms with Crippen molar-refractivity contribution in [1.82, 2.24) is 0 Å². The van der Waals surface area contributed by atoms with E-state index in [9.17, 15) is 22.4 Å². The van der Waals surface area contributed by atoms with E-state index in [2.05, 4.69) is 6.92 Å². The molecule has 0 aromatic heterocycles. The minimum Gasteiger partial charge on any atom is -0.423 e. The molecule has 244 valence electrons. The molecule has 1 aromatic carbocycles. The summed E-state index contributed by atoms with van der Waals surface area (Å²) in [5.41, 5.74) is -0.559. The van der Waals surface area contributed by atoms with Gasteiger partial charge in [0, 0.05) is 12.2 Å². The van der Waals surface area contributed by atoms with Crippen LogP contribution in [0.2, 0.25) is 0 Å². The second-order valence-electron chi connectivity index (χ2n) is 8.54. The lowest BCUT2D eigenvalue weighted by Gasteiger charge is -2.12. The lowest BCUT2D eigenvalue weighted by molar-refractivity contribution is -0.136. The average molecular weight is 617 g/mol. The highest BCUT2D eigenvalue weighted by atomic mass is 19.2. The molecule has 42 heavy (non-hydrogen) atoms. The Morgan fingerprint density at radius 2 is 0.810 bits per heavy atom. The van der Waals surface area contributed by atoms with Crippen LogP contribution in [0.25, 0.3) is 0 Å². The molecule has 1 aromatic rings. The van der Waals surface area contributed by atoms with E-state index >= 15 is 0 Å². The minimum atomic E-state index is -2.04. The Balaban J connectivity index is 1.87. The van der Waals surface area contributed by atoms with Crippen LogP contribution in [-0.4, -0.2) is 112 Å². The maximum absolute atomic E-state index is 13.9. The van der Waals surface area contributed by atoms with Gasteiger partial charge in [-0.25, -0.2) is 13.2 Å². The molecule has 1 rings (SSSR count). The molecule has 0 heterocycles. The number of esters is 1. The molecular weight excluding hydrogens is 572 g/mol. The van der Waals surface area contributed by atoms with Gasteiger partial charge in [-0.15, -0.1) is 0 Å². The molecule has 10 nitrogen and oxygen atoms in total. The molecule has 0 amide bonds. The van der Waals surface area contributed by atoms with Gasteiger partial charge in [0.15, 0.2) is 17.4 Å². The highest BCUT2D eigenvalue weighted by Crippen LogP contribution is 2.31. The zero-order valence-electron chi connectivity index (χ0n) is 24.5. The van der Waals surface area contributed by atoms with Gasteiger partial charge in [-0.05, 0) is 12.8 Å². The van der Waals surface area contributed by atoms with Crippen molar-refractivity contribution in [3.8, 4) is 5.75 Å². The normalized spacial score (nSPS) is 11.4. The molecule has 0 spiro atoms. The fraction of sp³-hybridized carbons (Fsp3) is 0.750. The van der Waals surface area contributed by atoms with Crippen molar-refractivity contribution in [2.75, 3.05) is 106 Å². The van der Waals surface area contributed by atoms with Crippen LogP contribution in [0.3, 0.4) is 0 Å². The molecule has 0 saturated carbocycles. The molecule has 0 aliphatic carbocycles. The summed E-state index contributed by atoms with van der Waals surface area (Å²) in [5.74, 6) is -9.27. The van der Waals surface area contributed by atoms with Crippen LogP contribution in [0.4, 0.5) is 17.6 Å². The van der Waals surface area contributed by atoms with Crippen LogP contribution < -0.4 is 4.74 Å². The van der Waals surface area contributed by atoms with Gasteiger partial charge in [0.2, 0.25) is 11.6 Å². The van der Waals surface area contributed by atoms with Crippen LogP contribution in [-0.2, 0) is 49.1 Å². The van der Waals surface area contributed by atoms with Crippen LogP contribution in [0.15, 0.2) is 0 Å². The molecule has 0 unspecified atom stereocenters. The van der Waals surface area contributed by atoms with Crippen LogP contribution in [0.1, 0.15) is 32.3 Å². The Hall–Kier alpha value is -1.91. The van der Waals surface area contributed by atoms with Gasteiger partial charge < -0.3 is 42.6 Å². The van der Waals surface area contributed by atoms with Crippen molar-refractivity contribution in [2.24, 2.45) is 0 Å². The van der Waals surface area contributed by atoms with E-state index in [1.807, 2.05) is 0 Å². The standard InChI is InChI=1S/C28H44F4O10/c1-3-6-34-8-10-36-12-14-38-16-18-40-20-21-41-19-17-39-15-13-37-11-9-35-7-5-23(33)42-28-22(4-2)24(29)25(30)26(31)27(28)32/h3-21H2,1-2H3. The first-order chi connectivity index (χ1) is 20.4. The van der Waals surface area contributed by atoms with Crippen molar-refractivity contribution in [3.63, 3.8) is 0 Å². The van der Waals surface area contributed by atoms with Crippen LogP contribution in [0, 0.1) is 23.3 Å². The summed E-state index contributed by atoms with van der Waals surface area (Å²) in [7, 11) is 0. The summed E-state index contributed by atoms with van der Waals surface area (Å²) in [5, 5.41) is 0. The number of hydrogen-bond donors (Lipinski definition) is 0. The highest BCUT2D eigenvalue weighted by Gasteiger charge is 2.27. The maximum atomic E-state index is 13.9. The van der Waals surface area contributed by atoms with Gasteiger partial charge in [-0.2, -0.15) is 4.39 Å². The molecule has 0 atom stereocenters. The number of halogens is 4. The SMILES string of the molecule is CCCOCCOCCOCCOCCOCCOCCOCCOCCC(=O)Oc1c(F)c(F)c(F)c(F)c1CC. The third-order valence-corrected chi connectivity index (χ3v) is 5.29. The minimum absolute atomic E-state index is 0.0909. The summed E-state index contributed by atoms with van der Waals surface area (Å²) in [6.45, 7) is 10.1. The van der Waals surface area contributed by atoms with Crippen LogP contribution in [0.5, 0.6) is 5.75 Å². The predicted molar refractivity (Wildman–Crippen MR) is 143 cm³/mol. The van der Waals surface area contributed by atoms with Crippen molar-refractivity contribution in [2.45, 2.75) is 33.1 Å². The molecule has 0 bridgehead atoms. The molecule has 0 aliphatic rings. The number of ether oxygens (including phenoxy) is 9. The zero-order chi connectivity index (χ0) is 30.8. The van der Waals surface area contributed by atoms with E-state index in [4.69, 9.17) is 42.6 Å². The fourth-order valence-electron chi connectivity index (χ4n) is 3.19. The van der Waals surface area contributed by atoms with Crippen molar-refractivity contribution >= 4 is 5.97 Å². The summed E-state index contributed by atoms with van der Waals surface area (Å²) < 4.78 is 102. The van der Waals surface area contributed by atoms with E-state index in [-0.39, 0.29) is 32.7 Å². The lowest BCUT2D eigenvalue weighted by Crippen LogP contribution is -2.17. The number of benzene rings is 1. The smallest absolute Gasteiger partial charge is 0.313 e. The van der Waals surface area contributed by atoms with Crippen LogP contribution >= 0.6 is 0 Å². The maximum Gasteiger partial charge on any atom is 0.313 e. The Bertz CT molecular complexity index is 848. The first kappa shape index (κ1) is 38.1. The Morgan fingerprint density at radius 1 is 0.476 bits per heavy atom. The van der Waals surface area contributed by atoms with Gasteiger partial charge >= 0.3 is 5.97 Å². The topological polar surface area (TPSA) is 100 Å². The number of carbonyl (C=O) groups excluding carboxylic acids is 1. The lowest BCUT2D eigenvalue weighted by atomic mass is 10.1. The van der Waals surface area contributed by atoms with Crippen molar-refractivity contribution in [1.29, 1.82) is 0 Å². The first-order valence-electron chi connectivity index (χ1n) is 14.1. The third-order valence-electron chi connectivity index (χ3n) is 5.29. The van der Waals surface area contributed by atoms with E-state index in [0.717, 1.165) is 13.0 Å². The van der Waals surface area contributed by atoms with Crippen molar-refractivity contribution in [3.05, 3.63) is 28.8 Å². The number of hydrogen-bond acceptors (Lipinski definition) is 10. The molecule has 0 radical (unpaired) electrons. The Morgan fingerprint density at radius 3 is 1.17 bits per heavy atom. The van der Waals surface area contributed by atoms with E-state index < -0.39 is 40.6 Å². The van der Waals surface area contributed by atoms with E-state index in [1.165, 1.54) is 6.92 Å². The number of rotatable bonds is 28. The Labute approximate surface area is 244 Å². The van der Waals surface area contributed by atoms with Gasteiger partial charge in [0.05, 0.1) is 106 Å². The van der Waals surface area contributed by atoms with E-state index in [0.29, 0.717) is 79.3 Å². The average Bonchev–Trinajstić information content (AvgIpc) is 2.99. The predicted octanol–water partition coefficient (Wildman–Crippen LogP) is 3.64. The largest absolute Gasteiger partial charge is 0.423 e. The monoisotopic (exact) mass is 616 g/mol. The van der Waals surface area contributed by atoms with Crippen molar-refractivity contribution < 1.29 is 65.0 Å². The first-order valence-corrected chi connectivity index (χ1v) is 14.1. The Kier molecular flexibility index (Phi) is 23.2. The molecule has 14 heteroatoms. The molecular formula is C28H44F4O10. The molecule has 0 N–H and O–H groups in total. The number of carbonyl (C=O) groups is 1. The van der Waals surface area contributed by atoms with Gasteiger partial charge in [-0.3, -0.25) is 4.79 Å². The quantitative estimate of drug-likeness (QED) is 0.0347.